The highest BCUT2D eigenvalue weighted by atomic mass is 16.5. The standard InChI is InChI=1S/C27H24N6O2/c28-26-25-23(20-8-10-22(11-9-20)35-21-6-2-1-3-7-21)16-33(27(25)32-18-31-26)17-24(34)30-14-12-19-5-4-13-29-15-19/h1-11,13,15-16,18H,12,14,17H2,(H,30,34)(H2,28,31,32). The van der Waals surface area contributed by atoms with Crippen molar-refractivity contribution in [1.82, 2.24) is 24.8 Å². The van der Waals surface area contributed by atoms with Crippen molar-refractivity contribution in [2.24, 2.45) is 0 Å². The summed E-state index contributed by atoms with van der Waals surface area (Å²) < 4.78 is 7.70. The van der Waals surface area contributed by atoms with Crippen LogP contribution in [0.2, 0.25) is 0 Å². The number of ether oxygens (including phenoxy) is 1. The highest BCUT2D eigenvalue weighted by Crippen LogP contribution is 2.34. The average Bonchev–Trinajstić information content (AvgIpc) is 3.25. The Balaban J connectivity index is 1.34. The molecule has 174 valence electrons. The van der Waals surface area contributed by atoms with Crippen molar-refractivity contribution >= 4 is 22.8 Å². The number of hydrogen-bond acceptors (Lipinski definition) is 6. The lowest BCUT2D eigenvalue weighted by molar-refractivity contribution is -0.121. The number of para-hydroxylation sites is 1. The van der Waals surface area contributed by atoms with Crippen molar-refractivity contribution < 1.29 is 9.53 Å². The third kappa shape index (κ3) is 5.11. The summed E-state index contributed by atoms with van der Waals surface area (Å²) in [6.07, 6.45) is 7.55. The first-order valence-corrected chi connectivity index (χ1v) is 11.3. The fourth-order valence-corrected chi connectivity index (χ4v) is 3.92. The van der Waals surface area contributed by atoms with Crippen LogP contribution in [0.1, 0.15) is 5.56 Å². The van der Waals surface area contributed by atoms with Gasteiger partial charge in [-0.25, -0.2) is 9.97 Å². The van der Waals surface area contributed by atoms with E-state index in [1.165, 1.54) is 6.33 Å². The summed E-state index contributed by atoms with van der Waals surface area (Å²) in [7, 11) is 0. The molecule has 0 saturated heterocycles. The first-order chi connectivity index (χ1) is 17.2. The average molecular weight is 465 g/mol. The number of anilines is 1. The van der Waals surface area contributed by atoms with Gasteiger partial charge in [-0.05, 0) is 47.9 Å². The quantitative estimate of drug-likeness (QED) is 0.356. The number of nitrogens with two attached hydrogens (primary N) is 1. The van der Waals surface area contributed by atoms with Crippen LogP contribution >= 0.6 is 0 Å². The molecule has 5 rings (SSSR count). The van der Waals surface area contributed by atoms with Crippen LogP contribution in [0.15, 0.2) is 91.6 Å². The Morgan fingerprint density at radius 1 is 0.971 bits per heavy atom. The first kappa shape index (κ1) is 22.1. The number of nitrogen functional groups attached to an aromatic ring is 1. The molecule has 0 saturated carbocycles. The van der Waals surface area contributed by atoms with E-state index >= 15 is 0 Å². The van der Waals surface area contributed by atoms with E-state index < -0.39 is 0 Å². The molecular formula is C27H24N6O2. The molecule has 0 aliphatic heterocycles. The molecule has 0 aliphatic rings. The van der Waals surface area contributed by atoms with Crippen LogP contribution in [0.25, 0.3) is 22.2 Å². The zero-order chi connectivity index (χ0) is 24.0. The highest BCUT2D eigenvalue weighted by Gasteiger charge is 2.17. The summed E-state index contributed by atoms with van der Waals surface area (Å²) in [5, 5.41) is 3.68. The van der Waals surface area contributed by atoms with Gasteiger partial charge in [-0.3, -0.25) is 9.78 Å². The van der Waals surface area contributed by atoms with Gasteiger partial charge in [-0.2, -0.15) is 0 Å². The Labute approximate surface area is 202 Å². The van der Waals surface area contributed by atoms with Crippen LogP contribution in [0.3, 0.4) is 0 Å². The number of benzene rings is 2. The Morgan fingerprint density at radius 3 is 2.54 bits per heavy atom. The zero-order valence-corrected chi connectivity index (χ0v) is 19.0. The number of aromatic nitrogens is 4. The molecule has 5 aromatic rings. The molecule has 3 aromatic heterocycles. The van der Waals surface area contributed by atoms with Gasteiger partial charge in [-0.1, -0.05) is 36.4 Å². The third-order valence-corrected chi connectivity index (χ3v) is 5.60. The molecule has 1 amide bonds. The predicted molar refractivity (Wildman–Crippen MR) is 135 cm³/mol. The number of pyridine rings is 1. The van der Waals surface area contributed by atoms with Crippen LogP contribution in [0.5, 0.6) is 11.5 Å². The van der Waals surface area contributed by atoms with Gasteiger partial charge in [0.1, 0.15) is 35.8 Å². The number of fused-ring (bicyclic) bond motifs is 1. The summed E-state index contributed by atoms with van der Waals surface area (Å²) in [5.41, 5.74) is 9.68. The number of hydrogen-bond donors (Lipinski definition) is 2. The van der Waals surface area contributed by atoms with Crippen molar-refractivity contribution in [2.45, 2.75) is 13.0 Å². The van der Waals surface area contributed by atoms with Gasteiger partial charge in [0.25, 0.3) is 0 Å². The van der Waals surface area contributed by atoms with E-state index in [0.717, 1.165) is 28.2 Å². The van der Waals surface area contributed by atoms with E-state index in [0.29, 0.717) is 29.8 Å². The normalized spacial score (nSPS) is 10.9. The number of carbonyl (C=O) groups excluding carboxylic acids is 1. The molecule has 0 atom stereocenters. The molecule has 3 N–H and O–H groups in total. The minimum atomic E-state index is -0.110. The molecule has 2 aromatic carbocycles. The van der Waals surface area contributed by atoms with Crippen LogP contribution in [-0.2, 0) is 17.8 Å². The molecule has 3 heterocycles. The predicted octanol–water partition coefficient (Wildman–Crippen LogP) is 4.23. The lowest BCUT2D eigenvalue weighted by atomic mass is 10.1. The zero-order valence-electron chi connectivity index (χ0n) is 19.0. The monoisotopic (exact) mass is 464 g/mol. The van der Waals surface area contributed by atoms with Crippen LogP contribution < -0.4 is 15.8 Å². The largest absolute Gasteiger partial charge is 0.457 e. The Kier molecular flexibility index (Phi) is 6.34. The Morgan fingerprint density at radius 2 is 1.77 bits per heavy atom. The molecular weight excluding hydrogens is 440 g/mol. The van der Waals surface area contributed by atoms with E-state index in [4.69, 9.17) is 10.5 Å². The Bertz CT molecular complexity index is 1430. The minimum absolute atomic E-state index is 0.110. The molecule has 8 nitrogen and oxygen atoms in total. The second-order valence-electron chi connectivity index (χ2n) is 8.03. The van der Waals surface area contributed by atoms with Crippen LogP contribution in [0, 0.1) is 0 Å². The fourth-order valence-electron chi connectivity index (χ4n) is 3.92. The second kappa shape index (κ2) is 10.0. The van der Waals surface area contributed by atoms with Gasteiger partial charge in [0, 0.05) is 30.7 Å². The van der Waals surface area contributed by atoms with Crippen molar-refractivity contribution in [3.63, 3.8) is 0 Å². The molecule has 0 bridgehead atoms. The van der Waals surface area contributed by atoms with Gasteiger partial charge < -0.3 is 20.4 Å². The second-order valence-corrected chi connectivity index (χ2v) is 8.03. The number of nitrogens with one attached hydrogen (secondary N) is 1. The van der Waals surface area contributed by atoms with Gasteiger partial charge in [-0.15, -0.1) is 0 Å². The highest BCUT2D eigenvalue weighted by molar-refractivity contribution is 6.01. The number of carbonyl (C=O) groups is 1. The molecule has 8 heteroatoms. The smallest absolute Gasteiger partial charge is 0.240 e. The lowest BCUT2D eigenvalue weighted by Crippen LogP contribution is -2.29. The van der Waals surface area contributed by atoms with E-state index in [-0.39, 0.29) is 12.5 Å². The summed E-state index contributed by atoms with van der Waals surface area (Å²) in [4.78, 5) is 25.3. The first-order valence-electron chi connectivity index (χ1n) is 11.3. The van der Waals surface area contributed by atoms with Crippen molar-refractivity contribution in [1.29, 1.82) is 0 Å². The fraction of sp³-hybridized carbons (Fsp3) is 0.111. The molecule has 35 heavy (non-hydrogen) atoms. The SMILES string of the molecule is Nc1ncnc2c1c(-c1ccc(Oc3ccccc3)cc1)cn2CC(=O)NCCc1cccnc1. The minimum Gasteiger partial charge on any atom is -0.457 e. The molecule has 0 fully saturated rings. The number of amides is 1. The number of rotatable bonds is 8. The van der Waals surface area contributed by atoms with E-state index in [1.807, 2.05) is 72.9 Å². The Hall–Kier alpha value is -4.72. The van der Waals surface area contributed by atoms with E-state index in [1.54, 1.807) is 17.0 Å². The summed E-state index contributed by atoms with van der Waals surface area (Å²) >= 11 is 0. The van der Waals surface area contributed by atoms with Crippen molar-refractivity contribution in [3.05, 3.63) is 97.2 Å². The lowest BCUT2D eigenvalue weighted by Gasteiger charge is -2.07. The van der Waals surface area contributed by atoms with Gasteiger partial charge in [0.05, 0.1) is 5.39 Å². The topological polar surface area (TPSA) is 108 Å². The van der Waals surface area contributed by atoms with Crippen LogP contribution in [0.4, 0.5) is 5.82 Å². The molecule has 0 spiro atoms. The van der Waals surface area contributed by atoms with Crippen LogP contribution in [-0.4, -0.2) is 32.0 Å². The van der Waals surface area contributed by atoms with Gasteiger partial charge in [0.15, 0.2) is 0 Å². The molecule has 0 unspecified atom stereocenters. The maximum atomic E-state index is 12.7. The van der Waals surface area contributed by atoms with Crippen molar-refractivity contribution in [2.75, 3.05) is 12.3 Å². The van der Waals surface area contributed by atoms with Gasteiger partial charge >= 0.3 is 0 Å². The van der Waals surface area contributed by atoms with Gasteiger partial charge in [0.2, 0.25) is 5.91 Å². The summed E-state index contributed by atoms with van der Waals surface area (Å²) in [6, 6.07) is 21.2. The summed E-state index contributed by atoms with van der Waals surface area (Å²) in [6.45, 7) is 0.645. The van der Waals surface area contributed by atoms with E-state index in [2.05, 4.69) is 20.3 Å². The van der Waals surface area contributed by atoms with E-state index in [9.17, 15) is 4.79 Å². The van der Waals surface area contributed by atoms with Crippen molar-refractivity contribution in [3.8, 4) is 22.6 Å². The molecule has 0 radical (unpaired) electrons. The maximum absolute atomic E-state index is 12.7. The maximum Gasteiger partial charge on any atom is 0.240 e. The summed E-state index contributed by atoms with van der Waals surface area (Å²) in [5.74, 6) is 1.75. The number of nitrogens with zero attached hydrogens (tertiary/aromatic N) is 4. The third-order valence-electron chi connectivity index (χ3n) is 5.60. The molecule has 0 aliphatic carbocycles.